The van der Waals surface area contributed by atoms with Gasteiger partial charge in [-0.05, 0) is 17.1 Å². The van der Waals surface area contributed by atoms with Crippen LogP contribution < -0.4 is 5.32 Å². The number of aliphatic hydroxyl groups is 1. The molecule has 0 bridgehead atoms. The fraction of sp³-hybridized carbons (Fsp3) is 0.273. The molecular formula is C11H13N3OS. The van der Waals surface area contributed by atoms with E-state index in [1.54, 1.807) is 0 Å². The second kappa shape index (κ2) is 5.69. The Labute approximate surface area is 98.1 Å². The van der Waals surface area contributed by atoms with Crippen molar-refractivity contribution in [3.63, 3.8) is 0 Å². The zero-order chi connectivity index (χ0) is 11.2. The number of aromatic nitrogens is 2. The third-order valence-electron chi connectivity index (χ3n) is 2.32. The van der Waals surface area contributed by atoms with Gasteiger partial charge in [-0.3, -0.25) is 0 Å². The van der Waals surface area contributed by atoms with Crippen LogP contribution in [-0.4, -0.2) is 21.3 Å². The lowest BCUT2D eigenvalue weighted by atomic mass is 10.1. The zero-order valence-electron chi connectivity index (χ0n) is 8.71. The van der Waals surface area contributed by atoms with Crippen LogP contribution in [0.3, 0.4) is 0 Å². The smallest absolute Gasteiger partial charge is 0.0893 e. The predicted molar refractivity (Wildman–Crippen MR) is 63.0 cm³/mol. The van der Waals surface area contributed by atoms with E-state index in [9.17, 15) is 5.11 Å². The van der Waals surface area contributed by atoms with Gasteiger partial charge in [0.25, 0.3) is 0 Å². The van der Waals surface area contributed by atoms with Gasteiger partial charge in [-0.1, -0.05) is 34.8 Å². The molecule has 0 saturated heterocycles. The van der Waals surface area contributed by atoms with Crippen molar-refractivity contribution in [2.24, 2.45) is 0 Å². The van der Waals surface area contributed by atoms with E-state index in [1.807, 2.05) is 35.7 Å². The zero-order valence-corrected chi connectivity index (χ0v) is 9.52. The number of aliphatic hydroxyl groups excluding tert-OH is 1. The first-order chi connectivity index (χ1) is 7.90. The van der Waals surface area contributed by atoms with Gasteiger partial charge in [0.1, 0.15) is 0 Å². The molecule has 1 aromatic heterocycles. The Hall–Kier alpha value is -1.30. The third-order valence-corrected chi connectivity index (χ3v) is 2.87. The van der Waals surface area contributed by atoms with Crippen molar-refractivity contribution in [2.75, 3.05) is 6.61 Å². The average Bonchev–Trinajstić information content (AvgIpc) is 2.84. The van der Waals surface area contributed by atoms with Gasteiger partial charge in [0.05, 0.1) is 18.3 Å². The standard InChI is InChI=1S/C11H13N3OS/c15-7-11(9-4-2-1-3-5-9)12-6-10-8-16-14-13-10/h1-5,8,11-12,15H,6-7H2. The van der Waals surface area contributed by atoms with E-state index < -0.39 is 0 Å². The summed E-state index contributed by atoms with van der Waals surface area (Å²) < 4.78 is 3.79. The summed E-state index contributed by atoms with van der Waals surface area (Å²) in [6.07, 6.45) is 0. The van der Waals surface area contributed by atoms with E-state index in [0.29, 0.717) is 6.54 Å². The molecule has 84 valence electrons. The normalized spacial score (nSPS) is 12.6. The Balaban J connectivity index is 1.96. The Kier molecular flexibility index (Phi) is 3.98. The van der Waals surface area contributed by atoms with Crippen molar-refractivity contribution in [2.45, 2.75) is 12.6 Å². The van der Waals surface area contributed by atoms with E-state index >= 15 is 0 Å². The van der Waals surface area contributed by atoms with Gasteiger partial charge in [0, 0.05) is 11.9 Å². The van der Waals surface area contributed by atoms with E-state index in [0.717, 1.165) is 11.3 Å². The van der Waals surface area contributed by atoms with Crippen molar-refractivity contribution in [3.8, 4) is 0 Å². The summed E-state index contributed by atoms with van der Waals surface area (Å²) in [5.74, 6) is 0. The SMILES string of the molecule is OCC(NCc1csnn1)c1ccccc1. The van der Waals surface area contributed by atoms with Crippen LogP contribution in [0.5, 0.6) is 0 Å². The number of benzene rings is 1. The third kappa shape index (κ3) is 2.85. The lowest BCUT2D eigenvalue weighted by Gasteiger charge is -2.15. The molecule has 1 aromatic carbocycles. The first-order valence-electron chi connectivity index (χ1n) is 5.05. The fourth-order valence-electron chi connectivity index (χ4n) is 1.46. The summed E-state index contributed by atoms with van der Waals surface area (Å²) in [6, 6.07) is 9.82. The van der Waals surface area contributed by atoms with Gasteiger partial charge in [-0.15, -0.1) is 5.10 Å². The molecule has 1 unspecified atom stereocenters. The summed E-state index contributed by atoms with van der Waals surface area (Å²) in [6.45, 7) is 0.693. The highest BCUT2D eigenvalue weighted by Gasteiger charge is 2.09. The molecule has 0 radical (unpaired) electrons. The molecule has 0 fully saturated rings. The highest BCUT2D eigenvalue weighted by atomic mass is 32.1. The topological polar surface area (TPSA) is 58.0 Å². The molecule has 0 saturated carbocycles. The van der Waals surface area contributed by atoms with Crippen molar-refractivity contribution in [1.29, 1.82) is 0 Å². The van der Waals surface area contributed by atoms with Gasteiger partial charge in [-0.25, -0.2) is 0 Å². The summed E-state index contributed by atoms with van der Waals surface area (Å²) >= 11 is 1.33. The molecule has 2 N–H and O–H groups in total. The number of hydrogen-bond acceptors (Lipinski definition) is 5. The summed E-state index contributed by atoms with van der Waals surface area (Å²) in [5, 5.41) is 18.4. The van der Waals surface area contributed by atoms with Gasteiger partial charge in [0.2, 0.25) is 0 Å². The summed E-state index contributed by atoms with van der Waals surface area (Å²) in [5.41, 5.74) is 1.98. The van der Waals surface area contributed by atoms with Crippen LogP contribution >= 0.6 is 11.5 Å². The van der Waals surface area contributed by atoms with Crippen LogP contribution in [0.4, 0.5) is 0 Å². The average molecular weight is 235 g/mol. The van der Waals surface area contributed by atoms with E-state index in [4.69, 9.17) is 0 Å². The maximum atomic E-state index is 9.31. The monoisotopic (exact) mass is 235 g/mol. The first-order valence-corrected chi connectivity index (χ1v) is 5.89. The minimum Gasteiger partial charge on any atom is -0.394 e. The van der Waals surface area contributed by atoms with Gasteiger partial charge < -0.3 is 10.4 Å². The lowest BCUT2D eigenvalue weighted by Crippen LogP contribution is -2.24. The van der Waals surface area contributed by atoms with E-state index in [-0.39, 0.29) is 12.6 Å². The van der Waals surface area contributed by atoms with Crippen LogP contribution in [0.25, 0.3) is 0 Å². The lowest BCUT2D eigenvalue weighted by molar-refractivity contribution is 0.243. The number of nitrogens with one attached hydrogen (secondary N) is 1. The van der Waals surface area contributed by atoms with Gasteiger partial charge >= 0.3 is 0 Å². The second-order valence-electron chi connectivity index (χ2n) is 3.42. The fourth-order valence-corrected chi connectivity index (χ4v) is 1.91. The maximum absolute atomic E-state index is 9.31. The molecule has 0 aliphatic carbocycles. The second-order valence-corrected chi connectivity index (χ2v) is 4.03. The van der Waals surface area contributed by atoms with Crippen LogP contribution in [0, 0.1) is 0 Å². The molecule has 4 nitrogen and oxygen atoms in total. The summed E-state index contributed by atoms with van der Waals surface area (Å²) in [4.78, 5) is 0. The Bertz CT molecular complexity index is 404. The first kappa shape index (κ1) is 11.2. The minimum atomic E-state index is -0.0529. The van der Waals surface area contributed by atoms with Crippen molar-refractivity contribution in [1.82, 2.24) is 14.9 Å². The molecule has 1 atom stereocenters. The Morgan fingerprint density at radius 1 is 1.31 bits per heavy atom. The van der Waals surface area contributed by atoms with Gasteiger partial charge in [-0.2, -0.15) is 0 Å². The van der Waals surface area contributed by atoms with Crippen LogP contribution in [0.2, 0.25) is 0 Å². The molecule has 0 amide bonds. The van der Waals surface area contributed by atoms with Crippen molar-refractivity contribution >= 4 is 11.5 Å². The Morgan fingerprint density at radius 2 is 2.12 bits per heavy atom. The maximum Gasteiger partial charge on any atom is 0.0893 e. The molecule has 2 aromatic rings. The minimum absolute atomic E-state index is 0.0529. The molecule has 2 rings (SSSR count). The van der Waals surface area contributed by atoms with Crippen molar-refractivity contribution in [3.05, 3.63) is 47.0 Å². The molecule has 0 spiro atoms. The van der Waals surface area contributed by atoms with Crippen molar-refractivity contribution < 1.29 is 5.11 Å². The largest absolute Gasteiger partial charge is 0.394 e. The highest BCUT2D eigenvalue weighted by Crippen LogP contribution is 2.12. The molecule has 5 heteroatoms. The van der Waals surface area contributed by atoms with E-state index in [2.05, 4.69) is 14.9 Å². The molecule has 1 heterocycles. The quantitative estimate of drug-likeness (QED) is 0.821. The van der Waals surface area contributed by atoms with Gasteiger partial charge in [0.15, 0.2) is 0 Å². The van der Waals surface area contributed by atoms with Crippen LogP contribution in [0.15, 0.2) is 35.7 Å². The molecule has 0 aliphatic heterocycles. The highest BCUT2D eigenvalue weighted by molar-refractivity contribution is 7.03. The number of hydrogen-bond donors (Lipinski definition) is 2. The predicted octanol–water partition coefficient (Wildman–Crippen LogP) is 1.36. The molecular weight excluding hydrogens is 222 g/mol. The van der Waals surface area contributed by atoms with E-state index in [1.165, 1.54) is 11.5 Å². The molecule has 16 heavy (non-hydrogen) atoms. The molecule has 0 aliphatic rings. The van der Waals surface area contributed by atoms with Crippen LogP contribution in [0.1, 0.15) is 17.3 Å². The number of rotatable bonds is 5. The number of nitrogens with zero attached hydrogens (tertiary/aromatic N) is 2. The Morgan fingerprint density at radius 3 is 2.75 bits per heavy atom. The summed E-state index contributed by atoms with van der Waals surface area (Å²) in [7, 11) is 0. The van der Waals surface area contributed by atoms with Crippen LogP contribution in [-0.2, 0) is 6.54 Å².